The predicted molar refractivity (Wildman–Crippen MR) is 97.6 cm³/mol. The van der Waals surface area contributed by atoms with Crippen LogP contribution in [0, 0.1) is 0 Å². The minimum absolute atomic E-state index is 0. The van der Waals surface area contributed by atoms with Gasteiger partial charge < -0.3 is 20.5 Å². The minimum atomic E-state index is 0. The maximum Gasteiger partial charge on any atom is 0.188 e. The smallest absolute Gasteiger partial charge is 0.188 e. The molecule has 1 aromatic heterocycles. The zero-order valence-electron chi connectivity index (χ0n) is 12.7. The fraction of sp³-hybridized carbons (Fsp3) is 0.600. The van der Waals surface area contributed by atoms with Crippen molar-refractivity contribution >= 4 is 29.9 Å². The van der Waals surface area contributed by atoms with E-state index in [0.29, 0.717) is 19.1 Å². The fourth-order valence-electron chi connectivity index (χ4n) is 2.08. The Morgan fingerprint density at radius 2 is 2.41 bits per heavy atom. The maximum atomic E-state index is 5.80. The maximum absolute atomic E-state index is 5.80. The summed E-state index contributed by atoms with van der Waals surface area (Å²) in [6.07, 6.45) is 4.77. The van der Waals surface area contributed by atoms with Gasteiger partial charge in [-0.25, -0.2) is 0 Å². The molecule has 2 rings (SSSR count). The van der Waals surface area contributed by atoms with Crippen molar-refractivity contribution < 1.29 is 9.47 Å². The summed E-state index contributed by atoms with van der Waals surface area (Å²) in [6.45, 7) is 3.66. The van der Waals surface area contributed by atoms with E-state index >= 15 is 0 Å². The zero-order valence-corrected chi connectivity index (χ0v) is 15.1. The Balaban J connectivity index is 0.00000242. The highest BCUT2D eigenvalue weighted by Crippen LogP contribution is 2.07. The molecule has 6 nitrogen and oxygen atoms in total. The van der Waals surface area contributed by atoms with Gasteiger partial charge in [0.25, 0.3) is 0 Å². The van der Waals surface area contributed by atoms with Gasteiger partial charge in [-0.2, -0.15) is 0 Å². The number of aliphatic imine (C=N–C) groups is 1. The van der Waals surface area contributed by atoms with Crippen LogP contribution < -0.4 is 11.1 Å². The van der Waals surface area contributed by atoms with Crippen LogP contribution >= 0.6 is 24.0 Å². The highest BCUT2D eigenvalue weighted by Gasteiger charge is 2.15. The lowest BCUT2D eigenvalue weighted by Gasteiger charge is -2.09. The monoisotopic (exact) mass is 420 g/mol. The first kappa shape index (κ1) is 19.1. The molecule has 22 heavy (non-hydrogen) atoms. The molecular weight excluding hydrogens is 395 g/mol. The van der Waals surface area contributed by atoms with E-state index in [1.54, 1.807) is 6.20 Å². The van der Waals surface area contributed by atoms with Crippen molar-refractivity contribution in [2.75, 3.05) is 32.9 Å². The summed E-state index contributed by atoms with van der Waals surface area (Å²) in [5.41, 5.74) is 6.85. The normalized spacial score (nSPS) is 18.0. The number of pyridine rings is 1. The van der Waals surface area contributed by atoms with Gasteiger partial charge in [0.15, 0.2) is 5.96 Å². The van der Waals surface area contributed by atoms with E-state index in [2.05, 4.69) is 15.3 Å². The van der Waals surface area contributed by atoms with Gasteiger partial charge in [0.05, 0.1) is 12.7 Å². The number of rotatable bonds is 8. The number of halogens is 1. The van der Waals surface area contributed by atoms with Crippen LogP contribution in [0.2, 0.25) is 0 Å². The molecule has 0 aliphatic carbocycles. The van der Waals surface area contributed by atoms with Crippen LogP contribution in [0.1, 0.15) is 18.5 Å². The molecule has 0 radical (unpaired) electrons. The number of nitrogens with two attached hydrogens (primary N) is 1. The van der Waals surface area contributed by atoms with Gasteiger partial charge in [0.2, 0.25) is 0 Å². The first-order valence-corrected chi connectivity index (χ1v) is 7.47. The van der Waals surface area contributed by atoms with Crippen molar-refractivity contribution in [1.29, 1.82) is 0 Å². The Labute approximate surface area is 148 Å². The number of ether oxygens (including phenoxy) is 2. The van der Waals surface area contributed by atoms with Crippen LogP contribution in [-0.4, -0.2) is 50.0 Å². The fourth-order valence-corrected chi connectivity index (χ4v) is 2.08. The highest BCUT2D eigenvalue weighted by molar-refractivity contribution is 14.0. The van der Waals surface area contributed by atoms with E-state index in [4.69, 9.17) is 15.2 Å². The molecule has 1 fully saturated rings. The number of hydrogen-bond acceptors (Lipinski definition) is 4. The second-order valence-corrected chi connectivity index (χ2v) is 4.97. The average molecular weight is 420 g/mol. The number of nitrogens with zero attached hydrogens (tertiary/aromatic N) is 2. The minimum Gasteiger partial charge on any atom is -0.379 e. The molecule has 0 aromatic carbocycles. The summed E-state index contributed by atoms with van der Waals surface area (Å²) in [7, 11) is 0. The number of aromatic nitrogens is 1. The Morgan fingerprint density at radius 1 is 1.50 bits per heavy atom. The van der Waals surface area contributed by atoms with Crippen LogP contribution in [0.15, 0.2) is 29.4 Å². The molecule has 7 heteroatoms. The summed E-state index contributed by atoms with van der Waals surface area (Å²) >= 11 is 0. The largest absolute Gasteiger partial charge is 0.379 e. The predicted octanol–water partition coefficient (Wildman–Crippen LogP) is 1.34. The van der Waals surface area contributed by atoms with Gasteiger partial charge in [0.1, 0.15) is 0 Å². The summed E-state index contributed by atoms with van der Waals surface area (Å²) < 4.78 is 10.9. The summed E-state index contributed by atoms with van der Waals surface area (Å²) in [4.78, 5) is 8.52. The summed E-state index contributed by atoms with van der Waals surface area (Å²) in [6, 6.07) is 5.89. The van der Waals surface area contributed by atoms with E-state index in [9.17, 15) is 0 Å². The van der Waals surface area contributed by atoms with Gasteiger partial charge in [-0.15, -0.1) is 24.0 Å². The van der Waals surface area contributed by atoms with Gasteiger partial charge in [0, 0.05) is 44.6 Å². The van der Waals surface area contributed by atoms with Crippen molar-refractivity contribution in [3.05, 3.63) is 30.1 Å². The average Bonchev–Trinajstić information content (AvgIpc) is 3.01. The molecule has 0 amide bonds. The van der Waals surface area contributed by atoms with Crippen molar-refractivity contribution in [3.63, 3.8) is 0 Å². The van der Waals surface area contributed by atoms with E-state index in [1.165, 1.54) is 0 Å². The van der Waals surface area contributed by atoms with Crippen molar-refractivity contribution in [1.82, 2.24) is 10.3 Å². The molecule has 1 aliphatic rings. The van der Waals surface area contributed by atoms with E-state index < -0.39 is 0 Å². The standard InChI is InChI=1S/C15H24N4O2.HI/c16-15(19-9-5-13-4-1-2-7-17-13)18-8-3-10-21-14-6-11-20-12-14;/h1-2,4,7,14H,3,5-6,8-12H2,(H3,16,18,19);1H. The van der Waals surface area contributed by atoms with Gasteiger partial charge in [-0.05, 0) is 25.0 Å². The Bertz CT molecular complexity index is 425. The van der Waals surface area contributed by atoms with Crippen LogP contribution in [0.5, 0.6) is 0 Å². The molecule has 1 aliphatic heterocycles. The van der Waals surface area contributed by atoms with Gasteiger partial charge in [-0.3, -0.25) is 9.98 Å². The third-order valence-electron chi connectivity index (χ3n) is 3.24. The van der Waals surface area contributed by atoms with Crippen LogP contribution in [0.3, 0.4) is 0 Å². The van der Waals surface area contributed by atoms with Crippen molar-refractivity contribution in [2.45, 2.75) is 25.4 Å². The lowest BCUT2D eigenvalue weighted by molar-refractivity contribution is 0.0424. The van der Waals surface area contributed by atoms with Gasteiger partial charge in [-0.1, -0.05) is 6.07 Å². The van der Waals surface area contributed by atoms with Crippen LogP contribution in [0.4, 0.5) is 0 Å². The molecule has 1 saturated heterocycles. The van der Waals surface area contributed by atoms with Crippen molar-refractivity contribution in [3.8, 4) is 0 Å². The van der Waals surface area contributed by atoms with Crippen LogP contribution in [0.25, 0.3) is 0 Å². The highest BCUT2D eigenvalue weighted by atomic mass is 127. The lowest BCUT2D eigenvalue weighted by atomic mass is 10.3. The zero-order chi connectivity index (χ0) is 14.8. The summed E-state index contributed by atoms with van der Waals surface area (Å²) in [5.74, 6) is 0.482. The van der Waals surface area contributed by atoms with Gasteiger partial charge >= 0.3 is 0 Å². The van der Waals surface area contributed by atoms with Crippen LogP contribution in [-0.2, 0) is 15.9 Å². The topological polar surface area (TPSA) is 81.8 Å². The van der Waals surface area contributed by atoms with Crippen molar-refractivity contribution in [2.24, 2.45) is 10.7 Å². The first-order valence-electron chi connectivity index (χ1n) is 7.47. The Kier molecular flexibility index (Phi) is 10.1. The molecule has 2 heterocycles. The summed E-state index contributed by atoms with van der Waals surface area (Å²) in [5, 5.41) is 3.09. The number of guanidine groups is 1. The second kappa shape index (κ2) is 11.6. The molecule has 3 N–H and O–H groups in total. The first-order chi connectivity index (χ1) is 10.3. The third kappa shape index (κ3) is 7.90. The van der Waals surface area contributed by atoms with E-state index in [-0.39, 0.29) is 30.1 Å². The third-order valence-corrected chi connectivity index (χ3v) is 3.24. The SMILES string of the molecule is I.NC(=NCCCOC1CCOC1)NCCc1ccccn1. The Hall–Kier alpha value is -0.930. The quantitative estimate of drug-likeness (QED) is 0.287. The molecule has 1 unspecified atom stereocenters. The lowest BCUT2D eigenvalue weighted by Crippen LogP contribution is -2.33. The second-order valence-electron chi connectivity index (χ2n) is 4.97. The molecule has 124 valence electrons. The molecule has 0 saturated carbocycles. The molecule has 0 spiro atoms. The van der Waals surface area contributed by atoms with E-state index in [1.807, 2.05) is 18.2 Å². The molecule has 1 atom stereocenters. The Morgan fingerprint density at radius 3 is 3.14 bits per heavy atom. The number of nitrogens with one attached hydrogen (secondary N) is 1. The molecular formula is C15H25IN4O2. The molecule has 1 aromatic rings. The van der Waals surface area contributed by atoms with E-state index in [0.717, 1.165) is 44.7 Å². The number of hydrogen-bond donors (Lipinski definition) is 2. The molecule has 0 bridgehead atoms.